The topological polar surface area (TPSA) is 26.0 Å². The van der Waals surface area contributed by atoms with Crippen molar-refractivity contribution in [3.8, 4) is 0 Å². The maximum absolute atomic E-state index is 12.8. The van der Waals surface area contributed by atoms with Crippen LogP contribution in [0.1, 0.15) is 5.56 Å². The van der Waals surface area contributed by atoms with E-state index in [0.717, 1.165) is 0 Å². The van der Waals surface area contributed by atoms with E-state index < -0.39 is 12.5 Å². The lowest BCUT2D eigenvalue weighted by Gasteiger charge is -2.13. The zero-order valence-corrected chi connectivity index (χ0v) is 6.98. The minimum absolute atomic E-state index is 0.102. The lowest BCUT2D eigenvalue weighted by molar-refractivity contribution is 0.00596. The Morgan fingerprint density at radius 1 is 1.25 bits per heavy atom. The molecule has 0 amide bonds. The van der Waals surface area contributed by atoms with Crippen LogP contribution in [-0.4, -0.2) is 6.54 Å². The molecule has 1 nitrogen and oxygen atoms in total. The Morgan fingerprint density at radius 2 is 1.75 bits per heavy atom. The molecule has 0 heterocycles. The van der Waals surface area contributed by atoms with Crippen molar-refractivity contribution in [1.29, 1.82) is 0 Å². The fourth-order valence-electron chi connectivity index (χ4n) is 0.812. The molecule has 0 saturated carbocycles. The molecule has 1 aromatic carbocycles. The van der Waals surface area contributed by atoms with Crippen molar-refractivity contribution >= 4 is 11.6 Å². The number of hydrogen-bond donors (Lipinski definition) is 1. The first kappa shape index (κ1) is 9.42. The molecule has 0 bridgehead atoms. The standard InChI is InChI=1S/C8H8ClF2N/c9-7-3-1-6(2-4-7)8(10,11)5-12/h1-4H,5,12H2. The minimum atomic E-state index is -2.95. The second kappa shape index (κ2) is 3.37. The first-order chi connectivity index (χ1) is 5.56. The summed E-state index contributed by atoms with van der Waals surface area (Å²) in [6.45, 7) is -0.686. The third-order valence-corrected chi connectivity index (χ3v) is 1.77. The van der Waals surface area contributed by atoms with E-state index >= 15 is 0 Å². The highest BCUT2D eigenvalue weighted by atomic mass is 35.5. The third-order valence-electron chi connectivity index (χ3n) is 1.52. The fraction of sp³-hybridized carbons (Fsp3) is 0.250. The Morgan fingerprint density at radius 3 is 2.17 bits per heavy atom. The van der Waals surface area contributed by atoms with Crippen LogP contribution in [0.25, 0.3) is 0 Å². The molecule has 1 aromatic rings. The van der Waals surface area contributed by atoms with Crippen molar-refractivity contribution in [1.82, 2.24) is 0 Å². The highest BCUT2D eigenvalue weighted by Gasteiger charge is 2.28. The van der Waals surface area contributed by atoms with Gasteiger partial charge in [-0.15, -0.1) is 0 Å². The van der Waals surface area contributed by atoms with Crippen molar-refractivity contribution in [2.45, 2.75) is 5.92 Å². The molecule has 0 fully saturated rings. The fourth-order valence-corrected chi connectivity index (χ4v) is 0.938. The summed E-state index contributed by atoms with van der Waals surface area (Å²) in [5.41, 5.74) is 4.79. The monoisotopic (exact) mass is 191 g/mol. The number of hydrogen-bond acceptors (Lipinski definition) is 1. The van der Waals surface area contributed by atoms with Gasteiger partial charge in [0.15, 0.2) is 0 Å². The van der Waals surface area contributed by atoms with Crippen molar-refractivity contribution in [3.63, 3.8) is 0 Å². The van der Waals surface area contributed by atoms with Gasteiger partial charge >= 0.3 is 0 Å². The van der Waals surface area contributed by atoms with Gasteiger partial charge in [-0.2, -0.15) is 8.78 Å². The summed E-state index contributed by atoms with van der Waals surface area (Å²) < 4.78 is 25.7. The second-order valence-corrected chi connectivity index (χ2v) is 2.85. The molecule has 2 N–H and O–H groups in total. The van der Waals surface area contributed by atoms with E-state index in [0.29, 0.717) is 5.02 Å². The molecule has 0 spiro atoms. The van der Waals surface area contributed by atoms with E-state index in [1.54, 1.807) is 0 Å². The Labute approximate surface area is 74.1 Å². The third kappa shape index (κ3) is 1.93. The van der Waals surface area contributed by atoms with E-state index in [4.69, 9.17) is 17.3 Å². The van der Waals surface area contributed by atoms with Gasteiger partial charge in [-0.1, -0.05) is 23.7 Å². The predicted octanol–water partition coefficient (Wildman–Crippen LogP) is 2.39. The van der Waals surface area contributed by atoms with Crippen LogP contribution in [0.3, 0.4) is 0 Å². The first-order valence-corrected chi connectivity index (χ1v) is 3.78. The van der Waals surface area contributed by atoms with Crippen LogP contribution in [0.15, 0.2) is 24.3 Å². The zero-order chi connectivity index (χ0) is 9.19. The maximum Gasteiger partial charge on any atom is 0.285 e. The number of rotatable bonds is 2. The van der Waals surface area contributed by atoms with Gasteiger partial charge < -0.3 is 5.73 Å². The van der Waals surface area contributed by atoms with Crippen LogP contribution >= 0.6 is 11.6 Å². The normalized spacial score (nSPS) is 11.7. The van der Waals surface area contributed by atoms with Crippen LogP contribution < -0.4 is 5.73 Å². The Bertz CT molecular complexity index is 258. The Hall–Kier alpha value is -0.670. The Kier molecular flexibility index (Phi) is 2.65. The van der Waals surface area contributed by atoms with Gasteiger partial charge in [0, 0.05) is 10.6 Å². The van der Waals surface area contributed by atoms with Crippen molar-refractivity contribution < 1.29 is 8.78 Å². The Balaban J connectivity index is 2.96. The van der Waals surface area contributed by atoms with Crippen molar-refractivity contribution in [3.05, 3.63) is 34.9 Å². The number of nitrogens with two attached hydrogens (primary N) is 1. The van der Waals surface area contributed by atoms with Crippen molar-refractivity contribution in [2.75, 3.05) is 6.54 Å². The average molecular weight is 192 g/mol. The van der Waals surface area contributed by atoms with Crippen LogP contribution in [0.2, 0.25) is 5.02 Å². The molecule has 0 unspecified atom stereocenters. The van der Waals surface area contributed by atoms with Gasteiger partial charge in [0.25, 0.3) is 5.92 Å². The van der Waals surface area contributed by atoms with E-state index in [1.165, 1.54) is 24.3 Å². The highest BCUT2D eigenvalue weighted by Crippen LogP contribution is 2.27. The molecule has 4 heteroatoms. The molecular weight excluding hydrogens is 184 g/mol. The van der Waals surface area contributed by atoms with Crippen LogP contribution in [0.5, 0.6) is 0 Å². The SMILES string of the molecule is NCC(F)(F)c1ccc(Cl)cc1. The maximum atomic E-state index is 12.8. The number of benzene rings is 1. The largest absolute Gasteiger partial charge is 0.325 e. The van der Waals surface area contributed by atoms with Gasteiger partial charge in [-0.25, -0.2) is 0 Å². The summed E-state index contributed by atoms with van der Waals surface area (Å²) in [4.78, 5) is 0. The molecule has 0 saturated heterocycles. The number of alkyl halides is 2. The molecule has 0 aromatic heterocycles. The molecule has 0 aliphatic heterocycles. The van der Waals surface area contributed by atoms with E-state index in [1.807, 2.05) is 0 Å². The van der Waals surface area contributed by atoms with Crippen molar-refractivity contribution in [2.24, 2.45) is 5.73 Å². The first-order valence-electron chi connectivity index (χ1n) is 3.40. The molecule has 66 valence electrons. The highest BCUT2D eigenvalue weighted by molar-refractivity contribution is 6.30. The lowest BCUT2D eigenvalue weighted by atomic mass is 10.1. The predicted molar refractivity (Wildman–Crippen MR) is 44.4 cm³/mol. The molecule has 0 aliphatic carbocycles. The van der Waals surface area contributed by atoms with E-state index in [-0.39, 0.29) is 5.56 Å². The summed E-state index contributed by atoms with van der Waals surface area (Å²) >= 11 is 5.53. The zero-order valence-electron chi connectivity index (χ0n) is 6.23. The molecule has 0 radical (unpaired) electrons. The van der Waals surface area contributed by atoms with Gasteiger partial charge in [0.1, 0.15) is 0 Å². The summed E-state index contributed by atoms with van der Waals surface area (Å²) in [6.07, 6.45) is 0. The molecule has 0 aliphatic rings. The minimum Gasteiger partial charge on any atom is -0.325 e. The molecule has 12 heavy (non-hydrogen) atoms. The van der Waals surface area contributed by atoms with Gasteiger partial charge in [0.2, 0.25) is 0 Å². The number of halogens is 3. The summed E-state index contributed by atoms with van der Waals surface area (Å²) in [5.74, 6) is -2.95. The quantitative estimate of drug-likeness (QED) is 0.763. The molecule has 1 rings (SSSR count). The lowest BCUT2D eigenvalue weighted by Crippen LogP contribution is -2.24. The van der Waals surface area contributed by atoms with Gasteiger partial charge in [-0.3, -0.25) is 0 Å². The smallest absolute Gasteiger partial charge is 0.285 e. The van der Waals surface area contributed by atoms with Crippen LogP contribution in [0, 0.1) is 0 Å². The summed E-state index contributed by atoms with van der Waals surface area (Å²) in [7, 11) is 0. The van der Waals surface area contributed by atoms with E-state index in [2.05, 4.69) is 0 Å². The average Bonchev–Trinajstić information content (AvgIpc) is 2.05. The summed E-state index contributed by atoms with van der Waals surface area (Å²) in [5, 5.41) is 0.437. The second-order valence-electron chi connectivity index (χ2n) is 2.42. The van der Waals surface area contributed by atoms with Gasteiger partial charge in [0.05, 0.1) is 6.54 Å². The molecule has 0 atom stereocenters. The van der Waals surface area contributed by atoms with E-state index in [9.17, 15) is 8.78 Å². The van der Waals surface area contributed by atoms with Gasteiger partial charge in [-0.05, 0) is 12.1 Å². The summed E-state index contributed by atoms with van der Waals surface area (Å²) in [6, 6.07) is 5.38. The van der Waals surface area contributed by atoms with Crippen LogP contribution in [-0.2, 0) is 5.92 Å². The van der Waals surface area contributed by atoms with Crippen LogP contribution in [0.4, 0.5) is 8.78 Å². The molecular formula is C8H8ClF2N.